The Kier molecular flexibility index (Phi) is 8.30. The lowest BCUT2D eigenvalue weighted by molar-refractivity contribution is -0.141. The Morgan fingerprint density at radius 2 is 1.70 bits per heavy atom. The maximum Gasteiger partial charge on any atom is 0.328 e. The molecule has 0 fully saturated rings. The van der Waals surface area contributed by atoms with Gasteiger partial charge >= 0.3 is 12.0 Å². The number of aliphatic hydroxyl groups is 1. The lowest BCUT2D eigenvalue weighted by Crippen LogP contribution is -2.51. The number of aliphatic hydroxyl groups excluding tert-OH is 1. The van der Waals surface area contributed by atoms with Gasteiger partial charge in [-0.05, 0) is 12.8 Å². The highest BCUT2D eigenvalue weighted by atomic mass is 16.4. The molecule has 8 nitrogen and oxygen atoms in total. The van der Waals surface area contributed by atoms with E-state index in [-0.39, 0.29) is 18.9 Å². The summed E-state index contributed by atoms with van der Waals surface area (Å²) in [6, 6.07) is -2.13. The summed E-state index contributed by atoms with van der Waals surface area (Å²) in [5.74, 6) is -1.17. The Bertz CT molecular complexity index is 344. The van der Waals surface area contributed by atoms with Crippen molar-refractivity contribution in [1.82, 2.24) is 16.0 Å². The quantitative estimate of drug-likeness (QED) is 0.403. The van der Waals surface area contributed by atoms with Gasteiger partial charge in [-0.3, -0.25) is 4.79 Å². The summed E-state index contributed by atoms with van der Waals surface area (Å²) in [4.78, 5) is 33.5. The van der Waals surface area contributed by atoms with Crippen LogP contribution in [0.4, 0.5) is 4.79 Å². The summed E-state index contributed by atoms with van der Waals surface area (Å²) >= 11 is 0. The van der Waals surface area contributed by atoms with Gasteiger partial charge in [0.25, 0.3) is 0 Å². The number of hydrogen-bond donors (Lipinski definition) is 5. The molecule has 0 rings (SSSR count). The molecular weight excluding hydrogens is 266 g/mol. The average Bonchev–Trinajstić information content (AvgIpc) is 2.32. The maximum absolute atomic E-state index is 11.4. The van der Waals surface area contributed by atoms with Crippen molar-refractivity contribution in [3.63, 3.8) is 0 Å². The van der Waals surface area contributed by atoms with Crippen LogP contribution in [0.2, 0.25) is 0 Å². The first-order valence-corrected chi connectivity index (χ1v) is 6.46. The molecule has 0 aromatic carbocycles. The average molecular weight is 289 g/mol. The fourth-order valence-electron chi connectivity index (χ4n) is 1.28. The molecular formula is C12H23N3O5. The summed E-state index contributed by atoms with van der Waals surface area (Å²) < 4.78 is 0. The molecule has 20 heavy (non-hydrogen) atoms. The largest absolute Gasteiger partial charge is 0.480 e. The first kappa shape index (κ1) is 18.2. The standard InChI is InChI=1S/C12H23N3O5/c1-7(2)6-14-9(17)4-5-13-12(20)15-10(8(3)16)11(18)19/h7-8,10,16H,4-6H2,1-3H3,(H,14,17)(H,18,19)(H2,13,15,20)/t8-,10+/m1/s1. The number of urea groups is 1. The number of carbonyl (C=O) groups excluding carboxylic acids is 2. The first-order chi connectivity index (χ1) is 9.23. The third-order valence-electron chi connectivity index (χ3n) is 2.38. The lowest BCUT2D eigenvalue weighted by Gasteiger charge is -2.17. The molecule has 3 amide bonds. The normalized spacial score (nSPS) is 13.4. The van der Waals surface area contributed by atoms with E-state index in [0.717, 1.165) is 0 Å². The molecule has 8 heteroatoms. The molecule has 0 spiro atoms. The molecule has 5 N–H and O–H groups in total. The van der Waals surface area contributed by atoms with Crippen molar-refractivity contribution >= 4 is 17.9 Å². The summed E-state index contributed by atoms with van der Waals surface area (Å²) in [5, 5.41) is 25.1. The van der Waals surface area contributed by atoms with E-state index < -0.39 is 24.1 Å². The van der Waals surface area contributed by atoms with Crippen LogP contribution in [0, 0.1) is 5.92 Å². The zero-order valence-electron chi connectivity index (χ0n) is 12.0. The SMILES string of the molecule is CC(C)CNC(=O)CCNC(=O)N[C@H](C(=O)O)[C@@H](C)O. The fraction of sp³-hybridized carbons (Fsp3) is 0.750. The molecule has 0 aliphatic rings. The molecule has 2 atom stereocenters. The molecule has 0 saturated heterocycles. The summed E-state index contributed by atoms with van der Waals surface area (Å²) in [7, 11) is 0. The number of rotatable bonds is 8. The van der Waals surface area contributed by atoms with Crippen molar-refractivity contribution < 1.29 is 24.6 Å². The highest BCUT2D eigenvalue weighted by Gasteiger charge is 2.24. The van der Waals surface area contributed by atoms with Crippen molar-refractivity contribution in [2.24, 2.45) is 5.92 Å². The van der Waals surface area contributed by atoms with Gasteiger partial charge in [0.1, 0.15) is 0 Å². The van der Waals surface area contributed by atoms with Crippen LogP contribution < -0.4 is 16.0 Å². The van der Waals surface area contributed by atoms with Gasteiger partial charge in [-0.25, -0.2) is 9.59 Å². The van der Waals surface area contributed by atoms with E-state index in [4.69, 9.17) is 5.11 Å². The van der Waals surface area contributed by atoms with Gasteiger partial charge in [0, 0.05) is 19.5 Å². The van der Waals surface area contributed by atoms with Crippen LogP contribution in [-0.4, -0.2) is 53.4 Å². The molecule has 0 aliphatic carbocycles. The monoisotopic (exact) mass is 289 g/mol. The van der Waals surface area contributed by atoms with Crippen molar-refractivity contribution in [1.29, 1.82) is 0 Å². The topological polar surface area (TPSA) is 128 Å². The minimum absolute atomic E-state index is 0.0852. The van der Waals surface area contributed by atoms with Gasteiger partial charge in [-0.2, -0.15) is 0 Å². The van der Waals surface area contributed by atoms with E-state index in [0.29, 0.717) is 12.5 Å². The predicted octanol–water partition coefficient (Wildman–Crippen LogP) is -0.718. The van der Waals surface area contributed by atoms with Crippen molar-refractivity contribution in [2.45, 2.75) is 39.3 Å². The van der Waals surface area contributed by atoms with Crippen LogP contribution in [0.1, 0.15) is 27.2 Å². The molecule has 0 saturated carbocycles. The molecule has 0 aromatic heterocycles. The minimum atomic E-state index is -1.38. The minimum Gasteiger partial charge on any atom is -0.480 e. The second-order valence-electron chi connectivity index (χ2n) is 4.90. The third kappa shape index (κ3) is 8.30. The Morgan fingerprint density at radius 3 is 2.15 bits per heavy atom. The first-order valence-electron chi connectivity index (χ1n) is 6.46. The van der Waals surface area contributed by atoms with Gasteiger partial charge in [-0.1, -0.05) is 13.8 Å². The maximum atomic E-state index is 11.4. The summed E-state index contributed by atoms with van der Waals surface area (Å²) in [5.41, 5.74) is 0. The van der Waals surface area contributed by atoms with Crippen LogP contribution in [-0.2, 0) is 9.59 Å². The smallest absolute Gasteiger partial charge is 0.328 e. The molecule has 0 radical (unpaired) electrons. The molecule has 0 aliphatic heterocycles. The Hall–Kier alpha value is -1.83. The Labute approximate surface area is 117 Å². The highest BCUT2D eigenvalue weighted by molar-refractivity contribution is 5.83. The van der Waals surface area contributed by atoms with Crippen molar-refractivity contribution in [3.05, 3.63) is 0 Å². The number of carboxylic acid groups (broad SMARTS) is 1. The second kappa shape index (κ2) is 9.13. The van der Waals surface area contributed by atoms with Crippen LogP contribution in [0.25, 0.3) is 0 Å². The van der Waals surface area contributed by atoms with E-state index in [1.54, 1.807) is 0 Å². The van der Waals surface area contributed by atoms with Crippen LogP contribution in [0.5, 0.6) is 0 Å². The Morgan fingerprint density at radius 1 is 1.10 bits per heavy atom. The van der Waals surface area contributed by atoms with E-state index in [1.165, 1.54) is 6.92 Å². The van der Waals surface area contributed by atoms with E-state index >= 15 is 0 Å². The highest BCUT2D eigenvalue weighted by Crippen LogP contribution is 1.93. The van der Waals surface area contributed by atoms with Gasteiger partial charge < -0.3 is 26.2 Å². The number of nitrogens with one attached hydrogen (secondary N) is 3. The predicted molar refractivity (Wildman–Crippen MR) is 72.1 cm³/mol. The van der Waals surface area contributed by atoms with Gasteiger partial charge in [0.15, 0.2) is 6.04 Å². The van der Waals surface area contributed by atoms with Crippen LogP contribution in [0.15, 0.2) is 0 Å². The molecule has 0 heterocycles. The number of carbonyl (C=O) groups is 3. The van der Waals surface area contributed by atoms with Crippen molar-refractivity contribution in [2.75, 3.05) is 13.1 Å². The van der Waals surface area contributed by atoms with Gasteiger partial charge in [0.2, 0.25) is 5.91 Å². The summed E-state index contributed by atoms with van der Waals surface area (Å²) in [6.45, 7) is 5.84. The van der Waals surface area contributed by atoms with Crippen LogP contribution in [0.3, 0.4) is 0 Å². The number of hydrogen-bond acceptors (Lipinski definition) is 4. The second-order valence-corrected chi connectivity index (χ2v) is 4.90. The molecule has 0 unspecified atom stereocenters. The molecule has 0 bridgehead atoms. The molecule has 116 valence electrons. The van der Waals surface area contributed by atoms with Crippen molar-refractivity contribution in [3.8, 4) is 0 Å². The van der Waals surface area contributed by atoms with Gasteiger partial charge in [-0.15, -0.1) is 0 Å². The zero-order valence-corrected chi connectivity index (χ0v) is 12.0. The third-order valence-corrected chi connectivity index (χ3v) is 2.38. The summed E-state index contributed by atoms with van der Waals surface area (Å²) in [6.07, 6.45) is -1.11. The lowest BCUT2D eigenvalue weighted by atomic mass is 10.2. The number of aliphatic carboxylic acids is 1. The van der Waals surface area contributed by atoms with E-state index in [9.17, 15) is 19.5 Å². The number of carboxylic acids is 1. The fourth-order valence-corrected chi connectivity index (χ4v) is 1.28. The van der Waals surface area contributed by atoms with Gasteiger partial charge in [0.05, 0.1) is 6.10 Å². The number of amides is 3. The van der Waals surface area contributed by atoms with E-state index in [1.807, 2.05) is 13.8 Å². The Balaban J connectivity index is 3.93. The van der Waals surface area contributed by atoms with Crippen LogP contribution >= 0.6 is 0 Å². The molecule has 0 aromatic rings. The van der Waals surface area contributed by atoms with E-state index in [2.05, 4.69) is 16.0 Å². The zero-order chi connectivity index (χ0) is 15.7.